The first-order chi connectivity index (χ1) is 17.0. The lowest BCUT2D eigenvalue weighted by Crippen LogP contribution is -2.37. The minimum absolute atomic E-state index is 0.398. The third-order valence-corrected chi connectivity index (χ3v) is 9.25. The van der Waals surface area contributed by atoms with Crippen molar-refractivity contribution in [2.45, 2.75) is 55.9 Å². The Morgan fingerprint density at radius 2 is 1.69 bits per heavy atom. The molecular formula is C28H35N3O3S. The van der Waals surface area contributed by atoms with Gasteiger partial charge in [-0.05, 0) is 80.4 Å². The highest BCUT2D eigenvalue weighted by Gasteiger charge is 2.38. The number of piperidine rings is 1. The Balaban J connectivity index is 1.01. The number of nitrogens with zero attached hydrogens (tertiary/aromatic N) is 1. The molecule has 2 atom stereocenters. The van der Waals surface area contributed by atoms with Crippen LogP contribution in [0, 0.1) is 5.92 Å². The van der Waals surface area contributed by atoms with E-state index in [4.69, 9.17) is 0 Å². The zero-order valence-electron chi connectivity index (χ0n) is 20.1. The number of hydrogen-bond donors (Lipinski definition) is 2. The fraction of sp³-hybridized carbons (Fsp3) is 0.464. The zero-order valence-corrected chi connectivity index (χ0v) is 20.9. The monoisotopic (exact) mass is 493 g/mol. The largest absolute Gasteiger partial charge is 0.313 e. The molecule has 0 unspecified atom stereocenters. The lowest BCUT2D eigenvalue weighted by atomic mass is 9.96. The van der Waals surface area contributed by atoms with E-state index in [9.17, 15) is 13.2 Å². The van der Waals surface area contributed by atoms with E-state index in [-0.39, 0.29) is 0 Å². The van der Waals surface area contributed by atoms with Gasteiger partial charge in [-0.3, -0.25) is 9.69 Å². The van der Waals surface area contributed by atoms with Crippen LogP contribution in [-0.2, 0) is 21.4 Å². The topological polar surface area (TPSA) is 78.5 Å². The average Bonchev–Trinajstić information content (AvgIpc) is 3.77. The summed E-state index contributed by atoms with van der Waals surface area (Å²) < 4.78 is 25.8. The van der Waals surface area contributed by atoms with Crippen LogP contribution in [0.25, 0.3) is 6.08 Å². The molecule has 2 aromatic carbocycles. The molecule has 0 bridgehead atoms. The Kier molecular flexibility index (Phi) is 7.37. The third kappa shape index (κ3) is 6.81. The summed E-state index contributed by atoms with van der Waals surface area (Å²) in [4.78, 5) is 14.4. The van der Waals surface area contributed by atoms with Gasteiger partial charge in [0.15, 0.2) is 0 Å². The first kappa shape index (κ1) is 24.2. The van der Waals surface area contributed by atoms with E-state index in [1.165, 1.54) is 36.5 Å². The van der Waals surface area contributed by atoms with Crippen molar-refractivity contribution < 1.29 is 13.2 Å². The van der Waals surface area contributed by atoms with Crippen LogP contribution in [0.5, 0.6) is 0 Å². The molecule has 5 rings (SSSR count). The molecule has 0 aromatic heterocycles. The van der Waals surface area contributed by atoms with E-state index in [1.54, 1.807) is 6.08 Å². The van der Waals surface area contributed by atoms with E-state index in [1.807, 2.05) is 12.1 Å². The van der Waals surface area contributed by atoms with E-state index in [0.717, 1.165) is 37.7 Å². The Hall–Kier alpha value is -2.48. The van der Waals surface area contributed by atoms with Gasteiger partial charge in [-0.1, -0.05) is 54.6 Å². The van der Waals surface area contributed by atoms with Crippen molar-refractivity contribution >= 4 is 22.0 Å². The second kappa shape index (κ2) is 10.6. The summed E-state index contributed by atoms with van der Waals surface area (Å²) in [7, 11) is -3.50. The quantitative estimate of drug-likeness (QED) is 0.494. The van der Waals surface area contributed by atoms with Crippen LogP contribution in [0.3, 0.4) is 0 Å². The van der Waals surface area contributed by atoms with E-state index < -0.39 is 21.2 Å². The number of rotatable bonds is 10. The van der Waals surface area contributed by atoms with Gasteiger partial charge in [0.2, 0.25) is 10.0 Å². The first-order valence-corrected chi connectivity index (χ1v) is 14.3. The van der Waals surface area contributed by atoms with E-state index >= 15 is 0 Å². The Labute approximate surface area is 208 Å². The Morgan fingerprint density at radius 1 is 0.971 bits per heavy atom. The molecule has 2 aliphatic carbocycles. The third-order valence-electron chi connectivity index (χ3n) is 7.41. The highest BCUT2D eigenvalue weighted by atomic mass is 32.2. The summed E-state index contributed by atoms with van der Waals surface area (Å²) in [5.41, 5.74) is 3.60. The smallest absolute Gasteiger partial charge is 0.257 e. The summed E-state index contributed by atoms with van der Waals surface area (Å²) in [6.45, 7) is 4.30. The molecular weight excluding hydrogens is 458 g/mol. The molecule has 3 fully saturated rings. The van der Waals surface area contributed by atoms with Crippen LogP contribution >= 0.6 is 0 Å². The van der Waals surface area contributed by atoms with Gasteiger partial charge in [0, 0.05) is 24.6 Å². The minimum atomic E-state index is -3.50. The molecule has 0 spiro atoms. The van der Waals surface area contributed by atoms with Crippen LogP contribution in [0.4, 0.5) is 0 Å². The number of benzene rings is 2. The van der Waals surface area contributed by atoms with Crippen molar-refractivity contribution in [3.63, 3.8) is 0 Å². The molecule has 0 radical (unpaired) electrons. The van der Waals surface area contributed by atoms with Crippen molar-refractivity contribution in [2.75, 3.05) is 19.6 Å². The number of likely N-dealkylation sites (tertiary alicyclic amines) is 1. The van der Waals surface area contributed by atoms with Gasteiger partial charge >= 0.3 is 0 Å². The van der Waals surface area contributed by atoms with Gasteiger partial charge in [0.25, 0.3) is 5.91 Å². The predicted molar refractivity (Wildman–Crippen MR) is 139 cm³/mol. The number of amides is 1. The molecule has 35 heavy (non-hydrogen) atoms. The predicted octanol–water partition coefficient (Wildman–Crippen LogP) is 3.67. The van der Waals surface area contributed by atoms with Gasteiger partial charge in [0.1, 0.15) is 0 Å². The van der Waals surface area contributed by atoms with Gasteiger partial charge < -0.3 is 5.32 Å². The normalized spacial score (nSPS) is 23.4. The molecule has 2 saturated carbocycles. The zero-order chi connectivity index (χ0) is 24.3. The van der Waals surface area contributed by atoms with Crippen molar-refractivity contribution in [2.24, 2.45) is 5.92 Å². The minimum Gasteiger partial charge on any atom is -0.313 e. The maximum atomic E-state index is 11.9. The highest BCUT2D eigenvalue weighted by molar-refractivity contribution is 7.91. The molecule has 1 amide bonds. The SMILES string of the molecule is O=C(/C=C/c1ccc(CN2CCC(CN[C@@H]3C[C@H]3c3ccccc3)CC2)cc1)NS(=O)(=O)C1CC1. The summed E-state index contributed by atoms with van der Waals surface area (Å²) in [6, 6.07) is 19.6. The molecule has 2 N–H and O–H groups in total. The van der Waals surface area contributed by atoms with Gasteiger partial charge in [-0.25, -0.2) is 13.1 Å². The number of hydrogen-bond acceptors (Lipinski definition) is 5. The van der Waals surface area contributed by atoms with Gasteiger partial charge in [-0.15, -0.1) is 0 Å². The van der Waals surface area contributed by atoms with Crippen molar-refractivity contribution in [3.05, 3.63) is 77.4 Å². The maximum Gasteiger partial charge on any atom is 0.257 e. The van der Waals surface area contributed by atoms with Crippen LogP contribution < -0.4 is 10.0 Å². The van der Waals surface area contributed by atoms with Gasteiger partial charge in [0.05, 0.1) is 5.25 Å². The average molecular weight is 494 g/mol. The molecule has 1 saturated heterocycles. The van der Waals surface area contributed by atoms with Crippen LogP contribution in [0.1, 0.15) is 54.7 Å². The van der Waals surface area contributed by atoms with Crippen LogP contribution in [-0.4, -0.2) is 50.2 Å². The fourth-order valence-corrected chi connectivity index (χ4v) is 6.23. The molecule has 3 aliphatic rings. The number of carbonyl (C=O) groups excluding carboxylic acids is 1. The summed E-state index contributed by atoms with van der Waals surface area (Å²) in [6.07, 6.45) is 7.94. The number of sulfonamides is 1. The lowest BCUT2D eigenvalue weighted by Gasteiger charge is -2.32. The van der Waals surface area contributed by atoms with Crippen molar-refractivity contribution in [3.8, 4) is 0 Å². The molecule has 186 valence electrons. The van der Waals surface area contributed by atoms with E-state index in [2.05, 4.69) is 57.4 Å². The standard InChI is InChI=1S/C28H35N3O3S/c32-28(30-35(33,34)25-11-12-25)13-10-21-6-8-23(9-7-21)20-31-16-14-22(15-17-31)19-29-27-18-26(27)24-4-2-1-3-5-24/h1-10,13,22,25-27,29H,11-12,14-20H2,(H,30,32)/b13-10+/t26-,27+/m0/s1. The van der Waals surface area contributed by atoms with E-state index in [0.29, 0.717) is 24.8 Å². The summed E-state index contributed by atoms with van der Waals surface area (Å²) in [5, 5.41) is 3.40. The summed E-state index contributed by atoms with van der Waals surface area (Å²) >= 11 is 0. The van der Waals surface area contributed by atoms with Gasteiger partial charge in [-0.2, -0.15) is 0 Å². The van der Waals surface area contributed by atoms with Crippen LogP contribution in [0.15, 0.2) is 60.7 Å². The van der Waals surface area contributed by atoms with Crippen molar-refractivity contribution in [1.82, 2.24) is 14.9 Å². The molecule has 6 nitrogen and oxygen atoms in total. The molecule has 2 aromatic rings. The molecule has 1 aliphatic heterocycles. The number of nitrogens with one attached hydrogen (secondary N) is 2. The first-order valence-electron chi connectivity index (χ1n) is 12.8. The number of carbonyl (C=O) groups is 1. The fourth-order valence-electron chi connectivity index (χ4n) is 4.96. The Morgan fingerprint density at radius 3 is 2.37 bits per heavy atom. The molecule has 1 heterocycles. The van der Waals surface area contributed by atoms with Crippen LogP contribution in [0.2, 0.25) is 0 Å². The molecule has 7 heteroatoms. The summed E-state index contributed by atoms with van der Waals surface area (Å²) in [5.74, 6) is 0.862. The van der Waals surface area contributed by atoms with Crippen molar-refractivity contribution in [1.29, 1.82) is 0 Å². The Bertz CT molecular complexity index is 1140. The maximum absolute atomic E-state index is 11.9. The second-order valence-electron chi connectivity index (χ2n) is 10.3. The lowest BCUT2D eigenvalue weighted by molar-refractivity contribution is -0.114. The second-order valence-corrected chi connectivity index (χ2v) is 12.2. The highest BCUT2D eigenvalue weighted by Crippen LogP contribution is 2.40.